The van der Waals surface area contributed by atoms with Crippen molar-refractivity contribution in [1.82, 2.24) is 0 Å². The van der Waals surface area contributed by atoms with Crippen molar-refractivity contribution in [3.63, 3.8) is 0 Å². The van der Waals surface area contributed by atoms with Gasteiger partial charge in [0.2, 0.25) is 6.29 Å². The molecule has 0 unspecified atom stereocenters. The molecule has 0 aromatic heterocycles. The van der Waals surface area contributed by atoms with Crippen LogP contribution in [0, 0.1) is 22.7 Å². The lowest BCUT2D eigenvalue weighted by atomic mass is 9.57. The van der Waals surface area contributed by atoms with Crippen molar-refractivity contribution in [2.75, 3.05) is 0 Å². The third kappa shape index (κ3) is 2.44. The van der Waals surface area contributed by atoms with Crippen LogP contribution in [0.2, 0.25) is 0 Å². The number of aliphatic hydroxyl groups is 1. The molecule has 3 heteroatoms. The summed E-state index contributed by atoms with van der Waals surface area (Å²) < 4.78 is 5.09. The highest BCUT2D eigenvalue weighted by molar-refractivity contribution is 5.77. The number of cyclic esters (lactones) is 1. The molecule has 1 N–H and O–H groups in total. The van der Waals surface area contributed by atoms with Crippen molar-refractivity contribution < 1.29 is 14.6 Å². The third-order valence-corrected chi connectivity index (χ3v) is 5.94. The van der Waals surface area contributed by atoms with E-state index in [9.17, 15) is 9.90 Å². The Kier molecular flexibility index (Phi) is 3.75. The third-order valence-electron chi connectivity index (χ3n) is 5.94. The van der Waals surface area contributed by atoms with Gasteiger partial charge in [-0.1, -0.05) is 39.3 Å². The topological polar surface area (TPSA) is 46.5 Å². The fourth-order valence-electron chi connectivity index (χ4n) is 5.14. The molecule has 3 rings (SSSR count). The molecule has 1 saturated carbocycles. The van der Waals surface area contributed by atoms with E-state index in [1.807, 2.05) is 6.92 Å². The lowest BCUT2D eigenvalue weighted by Crippen LogP contribution is -2.37. The lowest BCUT2D eigenvalue weighted by molar-refractivity contribution is -0.156. The molecular weight excluding hydrogens is 276 g/mol. The monoisotopic (exact) mass is 304 g/mol. The summed E-state index contributed by atoms with van der Waals surface area (Å²) >= 11 is 0. The summed E-state index contributed by atoms with van der Waals surface area (Å²) in [5.74, 6) is -0.634. The average Bonchev–Trinajstić information content (AvgIpc) is 2.72. The van der Waals surface area contributed by atoms with Crippen LogP contribution in [0.3, 0.4) is 0 Å². The number of carbonyl (C=O) groups excluding carboxylic acids is 1. The number of esters is 1. The quantitative estimate of drug-likeness (QED) is 0.745. The van der Waals surface area contributed by atoms with Gasteiger partial charge < -0.3 is 9.84 Å². The molecule has 122 valence electrons. The fraction of sp³-hybridized carbons (Fsp3) is 0.737. The van der Waals surface area contributed by atoms with E-state index in [1.165, 1.54) is 24.8 Å². The Hall–Kier alpha value is -1.09. The van der Waals surface area contributed by atoms with E-state index in [-0.39, 0.29) is 23.2 Å². The standard InChI is InChI=1S/C19H28O3/c1-5-12-14(19(4)10-6-9-18(2,3)11-19)8-7-13-15(12)17(21)22-16(13)20/h5,8,13,15,17,21H,6-7,9-11H2,1-4H3/b12-5+/t13-,15+,17+,19+/m1/s1. The first-order valence-electron chi connectivity index (χ1n) is 8.53. The van der Waals surface area contributed by atoms with Crippen LogP contribution in [0.4, 0.5) is 0 Å². The van der Waals surface area contributed by atoms with Gasteiger partial charge in [0, 0.05) is 0 Å². The average molecular weight is 304 g/mol. The zero-order valence-corrected chi connectivity index (χ0v) is 14.2. The molecule has 2 aliphatic carbocycles. The van der Waals surface area contributed by atoms with Crippen molar-refractivity contribution >= 4 is 5.97 Å². The molecule has 22 heavy (non-hydrogen) atoms. The number of ether oxygens (including phenoxy) is 1. The molecule has 2 fully saturated rings. The summed E-state index contributed by atoms with van der Waals surface area (Å²) in [6.07, 6.45) is 8.91. The predicted molar refractivity (Wildman–Crippen MR) is 85.9 cm³/mol. The highest BCUT2D eigenvalue weighted by Gasteiger charge is 2.51. The van der Waals surface area contributed by atoms with Gasteiger partial charge in [0.15, 0.2) is 0 Å². The van der Waals surface area contributed by atoms with Crippen LogP contribution in [0.15, 0.2) is 23.3 Å². The van der Waals surface area contributed by atoms with Crippen molar-refractivity contribution in [1.29, 1.82) is 0 Å². The number of aliphatic hydroxyl groups excluding tert-OH is 1. The Balaban J connectivity index is 1.97. The SMILES string of the molecule is C/C=C1\C([C@@]2(C)CCCC(C)(C)C2)=CC[C@H]2C(=O)O[C@H](O)[C@@H]12. The van der Waals surface area contributed by atoms with Crippen molar-refractivity contribution in [3.8, 4) is 0 Å². The summed E-state index contributed by atoms with van der Waals surface area (Å²) in [4.78, 5) is 11.9. The molecule has 0 bridgehead atoms. The van der Waals surface area contributed by atoms with E-state index in [2.05, 4.69) is 32.9 Å². The van der Waals surface area contributed by atoms with Gasteiger partial charge in [0.05, 0.1) is 11.8 Å². The van der Waals surface area contributed by atoms with Gasteiger partial charge in [-0.3, -0.25) is 4.79 Å². The van der Waals surface area contributed by atoms with Crippen LogP contribution in [-0.4, -0.2) is 17.4 Å². The summed E-state index contributed by atoms with van der Waals surface area (Å²) in [6, 6.07) is 0. The van der Waals surface area contributed by atoms with Crippen molar-refractivity contribution in [3.05, 3.63) is 23.3 Å². The normalized spacial score (nSPS) is 42.8. The number of rotatable bonds is 1. The highest BCUT2D eigenvalue weighted by Crippen LogP contribution is 2.55. The molecule has 1 aliphatic heterocycles. The van der Waals surface area contributed by atoms with Gasteiger partial charge in [0.1, 0.15) is 0 Å². The van der Waals surface area contributed by atoms with E-state index >= 15 is 0 Å². The first-order chi connectivity index (χ1) is 10.3. The number of allylic oxidation sites excluding steroid dienone is 3. The fourth-order valence-corrected chi connectivity index (χ4v) is 5.14. The Morgan fingerprint density at radius 3 is 2.68 bits per heavy atom. The Morgan fingerprint density at radius 1 is 1.32 bits per heavy atom. The molecule has 0 radical (unpaired) electrons. The number of hydrogen-bond donors (Lipinski definition) is 1. The zero-order chi connectivity index (χ0) is 16.1. The Labute approximate surface area is 133 Å². The maximum Gasteiger partial charge on any atom is 0.312 e. The lowest BCUT2D eigenvalue weighted by Gasteiger charge is -2.47. The van der Waals surface area contributed by atoms with Crippen molar-refractivity contribution in [2.45, 2.75) is 66.1 Å². The Bertz CT molecular complexity index is 543. The van der Waals surface area contributed by atoms with Crippen LogP contribution >= 0.6 is 0 Å². The molecule has 3 aliphatic rings. The van der Waals surface area contributed by atoms with Gasteiger partial charge in [-0.2, -0.15) is 0 Å². The van der Waals surface area contributed by atoms with E-state index < -0.39 is 6.29 Å². The second kappa shape index (κ2) is 5.23. The number of fused-ring (bicyclic) bond motifs is 1. The number of carbonyl (C=O) groups is 1. The largest absolute Gasteiger partial charge is 0.435 e. The summed E-state index contributed by atoms with van der Waals surface area (Å²) in [6.45, 7) is 9.07. The van der Waals surface area contributed by atoms with Gasteiger partial charge in [-0.15, -0.1) is 0 Å². The first-order valence-corrected chi connectivity index (χ1v) is 8.53. The summed E-state index contributed by atoms with van der Waals surface area (Å²) in [5.41, 5.74) is 2.97. The van der Waals surface area contributed by atoms with E-state index in [1.54, 1.807) is 0 Å². The highest BCUT2D eigenvalue weighted by atomic mass is 16.6. The Morgan fingerprint density at radius 2 is 2.05 bits per heavy atom. The van der Waals surface area contributed by atoms with Gasteiger partial charge in [0.25, 0.3) is 0 Å². The van der Waals surface area contributed by atoms with Gasteiger partial charge >= 0.3 is 5.97 Å². The molecule has 3 nitrogen and oxygen atoms in total. The maximum absolute atomic E-state index is 11.9. The first kappa shape index (κ1) is 15.8. The van der Waals surface area contributed by atoms with Crippen LogP contribution in [0.1, 0.15) is 59.8 Å². The molecule has 1 saturated heterocycles. The molecule has 1 heterocycles. The van der Waals surface area contributed by atoms with Gasteiger partial charge in [-0.05, 0) is 54.6 Å². The molecule has 0 spiro atoms. The van der Waals surface area contributed by atoms with Crippen molar-refractivity contribution in [2.24, 2.45) is 22.7 Å². The van der Waals surface area contributed by atoms with Crippen LogP contribution in [-0.2, 0) is 9.53 Å². The molecule has 0 aromatic carbocycles. The smallest absolute Gasteiger partial charge is 0.312 e. The molecule has 4 atom stereocenters. The molecule has 0 aromatic rings. The minimum atomic E-state index is -0.979. The van der Waals surface area contributed by atoms with Crippen LogP contribution in [0.25, 0.3) is 0 Å². The summed E-state index contributed by atoms with van der Waals surface area (Å²) in [5, 5.41) is 10.2. The van der Waals surface area contributed by atoms with Gasteiger partial charge in [-0.25, -0.2) is 0 Å². The van der Waals surface area contributed by atoms with Crippen LogP contribution < -0.4 is 0 Å². The maximum atomic E-state index is 11.9. The predicted octanol–water partition coefficient (Wildman–Crippen LogP) is 3.98. The minimum Gasteiger partial charge on any atom is -0.435 e. The molecular formula is C19H28O3. The van der Waals surface area contributed by atoms with E-state index in [0.717, 1.165) is 12.0 Å². The number of hydrogen-bond acceptors (Lipinski definition) is 3. The zero-order valence-electron chi connectivity index (χ0n) is 14.2. The second-order valence-corrected chi connectivity index (χ2v) is 8.31. The van der Waals surface area contributed by atoms with E-state index in [0.29, 0.717) is 11.8 Å². The van der Waals surface area contributed by atoms with E-state index in [4.69, 9.17) is 4.74 Å². The summed E-state index contributed by atoms with van der Waals surface area (Å²) in [7, 11) is 0. The van der Waals surface area contributed by atoms with Crippen LogP contribution in [0.5, 0.6) is 0 Å². The second-order valence-electron chi connectivity index (χ2n) is 8.31. The molecule has 0 amide bonds. The minimum absolute atomic E-state index is 0.139.